The summed E-state index contributed by atoms with van der Waals surface area (Å²) in [7, 11) is 0. The van der Waals surface area contributed by atoms with Crippen molar-refractivity contribution in [2.24, 2.45) is 5.41 Å². The summed E-state index contributed by atoms with van der Waals surface area (Å²) >= 11 is 0. The van der Waals surface area contributed by atoms with Crippen LogP contribution in [-0.4, -0.2) is 19.1 Å². The van der Waals surface area contributed by atoms with Gasteiger partial charge in [-0.25, -0.2) is 0 Å². The lowest BCUT2D eigenvalue weighted by molar-refractivity contribution is -0.158. The van der Waals surface area contributed by atoms with Gasteiger partial charge in [0.1, 0.15) is 6.61 Å². The number of esters is 1. The van der Waals surface area contributed by atoms with E-state index in [1.165, 1.54) is 5.56 Å². The molecule has 1 atom stereocenters. The summed E-state index contributed by atoms with van der Waals surface area (Å²) in [5.74, 6) is -0.0857. The molecule has 3 rings (SSSR count). The molecular formula is C20H23NO2. The first-order valence-electron chi connectivity index (χ1n) is 8.24. The number of benzene rings is 2. The maximum Gasteiger partial charge on any atom is 0.314 e. The van der Waals surface area contributed by atoms with Crippen LogP contribution in [0.25, 0.3) is 0 Å². The van der Waals surface area contributed by atoms with Crippen LogP contribution in [0.5, 0.6) is 0 Å². The molecule has 2 aromatic carbocycles. The highest BCUT2D eigenvalue weighted by molar-refractivity contribution is 5.77. The van der Waals surface area contributed by atoms with Gasteiger partial charge in [0.25, 0.3) is 0 Å². The van der Waals surface area contributed by atoms with Crippen LogP contribution in [-0.2, 0) is 22.6 Å². The minimum absolute atomic E-state index is 0.0857. The predicted molar refractivity (Wildman–Crippen MR) is 90.9 cm³/mol. The molecular weight excluding hydrogens is 286 g/mol. The second-order valence-corrected chi connectivity index (χ2v) is 6.28. The summed E-state index contributed by atoms with van der Waals surface area (Å²) in [6.07, 6.45) is 2.62. The van der Waals surface area contributed by atoms with Gasteiger partial charge in [0.15, 0.2) is 0 Å². The number of rotatable bonds is 5. The van der Waals surface area contributed by atoms with E-state index in [-0.39, 0.29) is 5.97 Å². The Hall–Kier alpha value is -2.13. The maximum atomic E-state index is 12.8. The average Bonchev–Trinajstić information content (AvgIpc) is 2.62. The summed E-state index contributed by atoms with van der Waals surface area (Å²) in [5, 5.41) is 3.37. The molecule has 0 saturated carbocycles. The number of hydrogen-bond acceptors (Lipinski definition) is 3. The molecule has 0 aliphatic carbocycles. The van der Waals surface area contributed by atoms with Crippen molar-refractivity contribution in [2.45, 2.75) is 25.9 Å². The molecule has 1 saturated heterocycles. The fourth-order valence-electron chi connectivity index (χ4n) is 3.23. The quantitative estimate of drug-likeness (QED) is 0.861. The smallest absolute Gasteiger partial charge is 0.314 e. The van der Waals surface area contributed by atoms with Crippen molar-refractivity contribution in [3.63, 3.8) is 0 Å². The van der Waals surface area contributed by atoms with Crippen molar-refractivity contribution < 1.29 is 9.53 Å². The zero-order valence-corrected chi connectivity index (χ0v) is 13.3. The molecule has 0 aromatic heterocycles. The van der Waals surface area contributed by atoms with E-state index in [9.17, 15) is 4.79 Å². The topological polar surface area (TPSA) is 38.3 Å². The van der Waals surface area contributed by atoms with Gasteiger partial charge in [-0.05, 0) is 36.9 Å². The monoisotopic (exact) mass is 309 g/mol. The maximum absolute atomic E-state index is 12.8. The third-order valence-corrected chi connectivity index (χ3v) is 4.50. The van der Waals surface area contributed by atoms with Crippen LogP contribution in [0, 0.1) is 5.41 Å². The Morgan fingerprint density at radius 2 is 1.65 bits per heavy atom. The van der Waals surface area contributed by atoms with Crippen LogP contribution in [0.15, 0.2) is 60.7 Å². The van der Waals surface area contributed by atoms with Crippen molar-refractivity contribution in [2.75, 3.05) is 13.1 Å². The summed E-state index contributed by atoms with van der Waals surface area (Å²) in [6, 6.07) is 20.1. The molecule has 1 N–H and O–H groups in total. The Labute approximate surface area is 137 Å². The first kappa shape index (κ1) is 15.8. The molecule has 1 aliphatic rings. The van der Waals surface area contributed by atoms with Crippen molar-refractivity contribution in [3.8, 4) is 0 Å². The van der Waals surface area contributed by atoms with Crippen LogP contribution in [0.3, 0.4) is 0 Å². The second kappa shape index (κ2) is 7.42. The van der Waals surface area contributed by atoms with Crippen LogP contribution in [0.2, 0.25) is 0 Å². The molecule has 3 nitrogen and oxygen atoms in total. The van der Waals surface area contributed by atoms with Crippen molar-refractivity contribution in [3.05, 3.63) is 71.8 Å². The van der Waals surface area contributed by atoms with E-state index in [1.807, 2.05) is 48.5 Å². The second-order valence-electron chi connectivity index (χ2n) is 6.28. The zero-order valence-electron chi connectivity index (χ0n) is 13.3. The van der Waals surface area contributed by atoms with Gasteiger partial charge in [0.2, 0.25) is 0 Å². The Balaban J connectivity index is 1.71. The molecule has 3 heteroatoms. The average molecular weight is 309 g/mol. The third-order valence-electron chi connectivity index (χ3n) is 4.50. The summed E-state index contributed by atoms with van der Waals surface area (Å²) in [6.45, 7) is 2.01. The van der Waals surface area contributed by atoms with Crippen molar-refractivity contribution in [1.29, 1.82) is 0 Å². The Bertz CT molecular complexity index is 619. The highest BCUT2D eigenvalue weighted by Gasteiger charge is 2.41. The number of carbonyl (C=O) groups is 1. The summed E-state index contributed by atoms with van der Waals surface area (Å²) in [5.41, 5.74) is 1.77. The fourth-order valence-corrected chi connectivity index (χ4v) is 3.23. The predicted octanol–water partition coefficient (Wildman–Crippen LogP) is 3.34. The highest BCUT2D eigenvalue weighted by Crippen LogP contribution is 2.32. The third kappa shape index (κ3) is 3.99. The molecule has 2 aromatic rings. The van der Waals surface area contributed by atoms with E-state index >= 15 is 0 Å². The van der Waals surface area contributed by atoms with E-state index in [0.717, 1.165) is 31.4 Å². The SMILES string of the molecule is O=C(OCc1ccccc1)C1(Cc2ccccc2)CCCNC1. The van der Waals surface area contributed by atoms with Gasteiger partial charge in [-0.2, -0.15) is 0 Å². The minimum Gasteiger partial charge on any atom is -0.460 e. The van der Waals surface area contributed by atoms with Gasteiger partial charge < -0.3 is 10.1 Å². The van der Waals surface area contributed by atoms with Gasteiger partial charge >= 0.3 is 5.97 Å². The number of carbonyl (C=O) groups excluding carboxylic acids is 1. The van der Waals surface area contributed by atoms with E-state index in [0.29, 0.717) is 13.2 Å². The lowest BCUT2D eigenvalue weighted by Crippen LogP contribution is -2.47. The number of nitrogens with one attached hydrogen (secondary N) is 1. The van der Waals surface area contributed by atoms with Gasteiger partial charge in [0, 0.05) is 6.54 Å². The normalized spacial score (nSPS) is 20.9. The standard InChI is InChI=1S/C20H23NO2/c22-19(23-15-18-10-5-2-6-11-18)20(12-7-13-21-16-20)14-17-8-3-1-4-9-17/h1-6,8-11,21H,7,12-16H2. The molecule has 120 valence electrons. The molecule has 1 aliphatic heterocycles. The molecule has 23 heavy (non-hydrogen) atoms. The first-order valence-corrected chi connectivity index (χ1v) is 8.24. The summed E-state index contributed by atoms with van der Waals surface area (Å²) in [4.78, 5) is 12.8. The lowest BCUT2D eigenvalue weighted by Gasteiger charge is -2.35. The van der Waals surface area contributed by atoms with Gasteiger partial charge in [0.05, 0.1) is 5.41 Å². The number of piperidine rings is 1. The number of ether oxygens (including phenoxy) is 1. The highest BCUT2D eigenvalue weighted by atomic mass is 16.5. The molecule has 0 radical (unpaired) electrons. The zero-order chi connectivity index (χ0) is 16.0. The van der Waals surface area contributed by atoms with Gasteiger partial charge in [-0.3, -0.25) is 4.79 Å². The van der Waals surface area contributed by atoms with E-state index < -0.39 is 5.41 Å². The molecule has 1 fully saturated rings. The first-order chi connectivity index (χ1) is 11.3. The molecule has 0 spiro atoms. The fraction of sp³-hybridized carbons (Fsp3) is 0.350. The van der Waals surface area contributed by atoms with E-state index in [2.05, 4.69) is 17.4 Å². The molecule has 0 bridgehead atoms. The van der Waals surface area contributed by atoms with E-state index in [4.69, 9.17) is 4.74 Å². The molecule has 0 amide bonds. The van der Waals surface area contributed by atoms with Crippen LogP contribution >= 0.6 is 0 Å². The van der Waals surface area contributed by atoms with Crippen LogP contribution in [0.4, 0.5) is 0 Å². The van der Waals surface area contributed by atoms with Crippen LogP contribution < -0.4 is 5.32 Å². The Kier molecular flexibility index (Phi) is 5.09. The van der Waals surface area contributed by atoms with Crippen molar-refractivity contribution >= 4 is 5.97 Å². The summed E-state index contributed by atoms with van der Waals surface area (Å²) < 4.78 is 5.66. The van der Waals surface area contributed by atoms with Gasteiger partial charge in [-0.1, -0.05) is 60.7 Å². The van der Waals surface area contributed by atoms with Gasteiger partial charge in [-0.15, -0.1) is 0 Å². The number of hydrogen-bond donors (Lipinski definition) is 1. The molecule has 1 unspecified atom stereocenters. The Morgan fingerprint density at radius 1 is 1.00 bits per heavy atom. The lowest BCUT2D eigenvalue weighted by atomic mass is 9.75. The van der Waals surface area contributed by atoms with Crippen LogP contribution in [0.1, 0.15) is 24.0 Å². The minimum atomic E-state index is -0.450. The van der Waals surface area contributed by atoms with Crippen molar-refractivity contribution in [1.82, 2.24) is 5.32 Å². The van der Waals surface area contributed by atoms with E-state index in [1.54, 1.807) is 0 Å². The Morgan fingerprint density at radius 3 is 2.26 bits per heavy atom. The molecule has 1 heterocycles. The largest absolute Gasteiger partial charge is 0.460 e.